The lowest BCUT2D eigenvalue weighted by molar-refractivity contribution is -0.384. The van der Waals surface area contributed by atoms with Crippen LogP contribution in [0.3, 0.4) is 0 Å². The molecule has 32 heavy (non-hydrogen) atoms. The van der Waals surface area contributed by atoms with Crippen LogP contribution in [0.2, 0.25) is 0 Å². The first kappa shape index (κ1) is 23.1. The Morgan fingerprint density at radius 1 is 0.938 bits per heavy atom. The number of non-ortho nitro benzene ring substituents is 1. The number of hydrogen-bond acceptors (Lipinski definition) is 6. The molecule has 3 rings (SSSR count). The van der Waals surface area contributed by atoms with E-state index in [2.05, 4.69) is 9.71 Å². The Hall–Kier alpha value is -3.61. The van der Waals surface area contributed by atoms with Crippen LogP contribution in [0.25, 0.3) is 0 Å². The first-order chi connectivity index (χ1) is 15.0. The van der Waals surface area contributed by atoms with Crippen LogP contribution in [0.5, 0.6) is 0 Å². The molecule has 0 radical (unpaired) electrons. The van der Waals surface area contributed by atoms with Crippen LogP contribution < -0.4 is 10.5 Å². The first-order valence-corrected chi connectivity index (χ1v) is 12.0. The summed E-state index contributed by atoms with van der Waals surface area (Å²) in [6.07, 6.45) is 0. The molecule has 166 valence electrons. The second-order valence-corrected chi connectivity index (χ2v) is 9.81. The molecule has 0 spiro atoms. The van der Waals surface area contributed by atoms with Crippen molar-refractivity contribution < 1.29 is 21.8 Å². The van der Waals surface area contributed by atoms with Crippen molar-refractivity contribution in [3.05, 3.63) is 94.0 Å². The van der Waals surface area contributed by atoms with E-state index in [9.17, 15) is 26.9 Å². The third-order valence-electron chi connectivity index (χ3n) is 4.38. The number of nitrogens with one attached hydrogen (secondary N) is 1. The van der Waals surface area contributed by atoms with E-state index in [0.717, 1.165) is 0 Å². The fourth-order valence-corrected chi connectivity index (χ4v) is 4.50. The first-order valence-electron chi connectivity index (χ1n) is 9.03. The summed E-state index contributed by atoms with van der Waals surface area (Å²) in [6, 6.07) is 16.8. The number of sulfonamides is 2. The third-order valence-corrected chi connectivity index (χ3v) is 6.75. The molecule has 3 aromatic rings. The molecule has 0 amide bonds. The summed E-state index contributed by atoms with van der Waals surface area (Å²) < 4.78 is 52.7. The Balaban J connectivity index is 2.08. The highest BCUT2D eigenvalue weighted by Gasteiger charge is 2.19. The molecule has 0 fully saturated rings. The average molecular weight is 475 g/mol. The van der Waals surface area contributed by atoms with Gasteiger partial charge in [-0.2, -0.15) is 8.42 Å². The number of primary sulfonamides is 1. The van der Waals surface area contributed by atoms with Gasteiger partial charge in [-0.3, -0.25) is 10.1 Å². The number of nitro groups is 1. The predicted octanol–water partition coefficient (Wildman–Crippen LogP) is 2.80. The van der Waals surface area contributed by atoms with E-state index in [4.69, 9.17) is 5.14 Å². The molecule has 0 saturated heterocycles. The molecule has 3 aromatic carbocycles. The van der Waals surface area contributed by atoms with Crippen molar-refractivity contribution >= 4 is 37.3 Å². The highest BCUT2D eigenvalue weighted by atomic mass is 32.2. The van der Waals surface area contributed by atoms with Crippen LogP contribution in [0, 0.1) is 17.0 Å². The second-order valence-electron chi connectivity index (χ2n) is 6.68. The van der Waals surface area contributed by atoms with Gasteiger partial charge in [0, 0.05) is 23.4 Å². The highest BCUT2D eigenvalue weighted by Crippen LogP contribution is 2.21. The second kappa shape index (κ2) is 8.86. The van der Waals surface area contributed by atoms with E-state index in [1.165, 1.54) is 54.6 Å². The van der Waals surface area contributed by atoms with Crippen molar-refractivity contribution in [2.24, 2.45) is 9.54 Å². The van der Waals surface area contributed by atoms with Crippen LogP contribution in [0.15, 0.2) is 87.0 Å². The van der Waals surface area contributed by atoms with E-state index >= 15 is 0 Å². The molecule has 0 unspecified atom stereocenters. The number of amidine groups is 1. The van der Waals surface area contributed by atoms with Crippen LogP contribution >= 0.6 is 0 Å². The summed E-state index contributed by atoms with van der Waals surface area (Å²) in [5.41, 5.74) is 0.918. The molecule has 0 saturated carbocycles. The number of aryl methyl sites for hydroxylation is 1. The van der Waals surface area contributed by atoms with Gasteiger partial charge in [0.15, 0.2) is 5.84 Å². The largest absolute Gasteiger partial charge is 0.339 e. The Morgan fingerprint density at radius 2 is 1.53 bits per heavy atom. The van der Waals surface area contributed by atoms with Gasteiger partial charge in [0.1, 0.15) is 0 Å². The SMILES string of the molecule is Cc1ccccc1S(=O)(=O)/N=C(/Nc1ccc(S(N)(=O)=O)cc1)c1ccc([N+](=O)[O-])cc1. The molecule has 3 N–H and O–H groups in total. The van der Waals surface area contributed by atoms with Crippen LogP contribution in [-0.4, -0.2) is 27.6 Å². The number of nitro benzene ring substituents is 1. The standard InChI is InChI=1S/C20H18N4O6S2/c1-14-4-2-3-5-19(14)32(29,30)23-20(15-6-10-17(11-7-15)24(25)26)22-16-8-12-18(13-9-16)31(21,27)28/h2-13H,1H3,(H,22,23)(H2,21,27,28). The van der Waals surface area contributed by atoms with Gasteiger partial charge in [0.05, 0.1) is 14.7 Å². The van der Waals surface area contributed by atoms with E-state index in [0.29, 0.717) is 11.3 Å². The smallest absolute Gasteiger partial charge is 0.284 e. The summed E-state index contributed by atoms with van der Waals surface area (Å²) >= 11 is 0. The van der Waals surface area contributed by atoms with E-state index in [1.807, 2.05) is 0 Å². The minimum atomic E-state index is -4.14. The van der Waals surface area contributed by atoms with Crippen molar-refractivity contribution in [3.63, 3.8) is 0 Å². The van der Waals surface area contributed by atoms with E-state index in [-0.39, 0.29) is 26.9 Å². The van der Waals surface area contributed by atoms with Gasteiger partial charge in [-0.1, -0.05) is 18.2 Å². The number of nitrogens with zero attached hydrogens (tertiary/aromatic N) is 2. The number of nitrogens with two attached hydrogens (primary N) is 1. The Morgan fingerprint density at radius 3 is 2.06 bits per heavy atom. The minimum absolute atomic E-state index is 0.00536. The molecular weight excluding hydrogens is 456 g/mol. The fourth-order valence-electron chi connectivity index (χ4n) is 2.77. The average Bonchev–Trinajstić information content (AvgIpc) is 2.73. The summed E-state index contributed by atoms with van der Waals surface area (Å²) in [6.45, 7) is 1.63. The maximum Gasteiger partial charge on any atom is 0.284 e. The van der Waals surface area contributed by atoms with Crippen molar-refractivity contribution in [2.75, 3.05) is 5.32 Å². The topological polar surface area (TPSA) is 162 Å². The van der Waals surface area contributed by atoms with Gasteiger partial charge >= 0.3 is 0 Å². The molecule has 0 aromatic heterocycles. The Bertz CT molecular complexity index is 1400. The highest BCUT2D eigenvalue weighted by molar-refractivity contribution is 7.90. The Kier molecular flexibility index (Phi) is 6.39. The summed E-state index contributed by atoms with van der Waals surface area (Å²) in [5, 5.41) is 18.9. The number of rotatable bonds is 6. The molecule has 10 nitrogen and oxygen atoms in total. The zero-order chi connectivity index (χ0) is 23.5. The van der Waals surface area contributed by atoms with Gasteiger partial charge in [0.2, 0.25) is 10.0 Å². The lowest BCUT2D eigenvalue weighted by atomic mass is 10.2. The quantitative estimate of drug-likeness (QED) is 0.240. The van der Waals surface area contributed by atoms with Gasteiger partial charge in [-0.25, -0.2) is 13.6 Å². The van der Waals surface area contributed by atoms with Gasteiger partial charge in [-0.05, 0) is 55.0 Å². The Labute approximate surface area is 184 Å². The zero-order valence-electron chi connectivity index (χ0n) is 16.7. The predicted molar refractivity (Wildman–Crippen MR) is 119 cm³/mol. The molecule has 0 bridgehead atoms. The third kappa shape index (κ3) is 5.35. The number of anilines is 1. The van der Waals surface area contributed by atoms with Gasteiger partial charge in [0.25, 0.3) is 15.7 Å². The van der Waals surface area contributed by atoms with Crippen LogP contribution in [-0.2, 0) is 20.0 Å². The summed E-state index contributed by atoms with van der Waals surface area (Å²) in [7, 11) is -8.04. The summed E-state index contributed by atoms with van der Waals surface area (Å²) in [4.78, 5) is 10.2. The van der Waals surface area contributed by atoms with Gasteiger partial charge in [-0.15, -0.1) is 4.40 Å². The van der Waals surface area contributed by atoms with Crippen molar-refractivity contribution in [1.29, 1.82) is 0 Å². The lowest BCUT2D eigenvalue weighted by Crippen LogP contribution is -2.17. The van der Waals surface area contributed by atoms with E-state index < -0.39 is 25.0 Å². The normalized spacial score (nSPS) is 12.4. The molecule has 0 aliphatic heterocycles. The van der Waals surface area contributed by atoms with Crippen LogP contribution in [0.1, 0.15) is 11.1 Å². The molecule has 0 atom stereocenters. The maximum absolute atomic E-state index is 13.0. The number of benzene rings is 3. The lowest BCUT2D eigenvalue weighted by Gasteiger charge is -2.12. The van der Waals surface area contributed by atoms with Crippen molar-refractivity contribution in [2.45, 2.75) is 16.7 Å². The molecule has 0 heterocycles. The molecular formula is C20H18N4O6S2. The van der Waals surface area contributed by atoms with Crippen molar-refractivity contribution in [1.82, 2.24) is 0 Å². The molecule has 0 aliphatic carbocycles. The van der Waals surface area contributed by atoms with E-state index in [1.54, 1.807) is 25.1 Å². The van der Waals surface area contributed by atoms with Crippen LogP contribution in [0.4, 0.5) is 11.4 Å². The zero-order valence-corrected chi connectivity index (χ0v) is 18.3. The molecule has 0 aliphatic rings. The maximum atomic E-state index is 13.0. The van der Waals surface area contributed by atoms with Crippen molar-refractivity contribution in [3.8, 4) is 0 Å². The van der Waals surface area contributed by atoms with Gasteiger partial charge < -0.3 is 5.32 Å². The fraction of sp³-hybridized carbons (Fsp3) is 0.0500. The minimum Gasteiger partial charge on any atom is -0.339 e. The summed E-state index contributed by atoms with van der Waals surface area (Å²) in [5.74, 6) is -0.105. The molecule has 12 heteroatoms. The monoisotopic (exact) mass is 474 g/mol. The number of hydrogen-bond donors (Lipinski definition) is 2.